The number of alkyl halides is 3. The maximum Gasteiger partial charge on any atom is 0.534 e. The number of ether oxygens (including phenoxy) is 2. The fourth-order valence-electron chi connectivity index (χ4n) is 4.41. The van der Waals surface area contributed by atoms with Crippen molar-refractivity contribution >= 4 is 22.0 Å². The first-order chi connectivity index (χ1) is 18.5. The zero-order valence-electron chi connectivity index (χ0n) is 22.9. The van der Waals surface area contributed by atoms with Gasteiger partial charge in [-0.15, -0.1) is 0 Å². The average Bonchev–Trinajstić information content (AvgIpc) is 2.84. The second kappa shape index (κ2) is 12.1. The predicted molar refractivity (Wildman–Crippen MR) is 141 cm³/mol. The Kier molecular flexibility index (Phi) is 9.43. The molecule has 12 heteroatoms. The molecule has 0 N–H and O–H groups in total. The molecule has 0 saturated carbocycles. The molecule has 7 nitrogen and oxygen atoms in total. The van der Waals surface area contributed by atoms with Crippen molar-refractivity contribution in [3.05, 3.63) is 71.0 Å². The van der Waals surface area contributed by atoms with Crippen LogP contribution in [0, 0.1) is 11.7 Å². The summed E-state index contributed by atoms with van der Waals surface area (Å²) in [6.45, 7) is 7.17. The Morgan fingerprint density at radius 3 is 2.42 bits per heavy atom. The molecule has 1 amide bonds. The molecule has 0 heterocycles. The van der Waals surface area contributed by atoms with Crippen molar-refractivity contribution in [2.75, 3.05) is 13.7 Å². The molecule has 1 aliphatic rings. The van der Waals surface area contributed by atoms with Gasteiger partial charge in [0.1, 0.15) is 11.4 Å². The van der Waals surface area contributed by atoms with E-state index in [0.29, 0.717) is 30.4 Å². The molecule has 1 unspecified atom stereocenters. The molecule has 0 saturated heterocycles. The number of allylic oxidation sites excluding steroid dienone is 1. The number of hydrogen-bond donors (Lipinski definition) is 0. The Labute approximate surface area is 231 Å². The molecule has 1 aliphatic carbocycles. The minimum Gasteiger partial charge on any atom is -0.494 e. The summed E-state index contributed by atoms with van der Waals surface area (Å²) in [6, 6.07) is 10.3. The van der Waals surface area contributed by atoms with Crippen molar-refractivity contribution in [1.29, 1.82) is 0 Å². The Hall–Kier alpha value is -3.28. The minimum absolute atomic E-state index is 0.0286. The molecule has 220 valence electrons. The van der Waals surface area contributed by atoms with Crippen LogP contribution in [0.3, 0.4) is 0 Å². The third-order valence-corrected chi connectivity index (χ3v) is 7.33. The number of benzene rings is 2. The highest BCUT2D eigenvalue weighted by Gasteiger charge is 2.49. The highest BCUT2D eigenvalue weighted by Crippen LogP contribution is 2.37. The fourth-order valence-corrected chi connectivity index (χ4v) is 4.89. The van der Waals surface area contributed by atoms with Gasteiger partial charge in [0, 0.05) is 12.1 Å². The van der Waals surface area contributed by atoms with Crippen molar-refractivity contribution in [2.24, 2.45) is 5.92 Å². The monoisotopic (exact) mass is 587 g/mol. The minimum atomic E-state index is -5.85. The van der Waals surface area contributed by atoms with E-state index in [1.54, 1.807) is 52.0 Å². The van der Waals surface area contributed by atoms with Gasteiger partial charge in [-0.3, -0.25) is 0 Å². The van der Waals surface area contributed by atoms with Crippen LogP contribution < -0.4 is 4.74 Å². The zero-order chi connectivity index (χ0) is 29.9. The van der Waals surface area contributed by atoms with Crippen LogP contribution in [-0.4, -0.2) is 44.2 Å². The van der Waals surface area contributed by atoms with Gasteiger partial charge >= 0.3 is 21.7 Å². The molecule has 2 aromatic rings. The van der Waals surface area contributed by atoms with Crippen LogP contribution in [-0.2, 0) is 25.5 Å². The number of hydrogen-bond acceptors (Lipinski definition) is 6. The summed E-state index contributed by atoms with van der Waals surface area (Å²) in [6.07, 6.45) is 2.06. The van der Waals surface area contributed by atoms with Crippen LogP contribution in [0.2, 0.25) is 0 Å². The smallest absolute Gasteiger partial charge is 0.494 e. The lowest BCUT2D eigenvalue weighted by Gasteiger charge is -2.32. The summed E-state index contributed by atoms with van der Waals surface area (Å²) < 4.78 is 91.7. The first kappa shape index (κ1) is 31.3. The number of carbonyl (C=O) groups excluding carboxylic acids is 1. The van der Waals surface area contributed by atoms with E-state index in [2.05, 4.69) is 4.18 Å². The topological polar surface area (TPSA) is 82.1 Å². The third kappa shape index (κ3) is 7.67. The molecule has 40 heavy (non-hydrogen) atoms. The van der Waals surface area contributed by atoms with Gasteiger partial charge in [-0.2, -0.15) is 21.6 Å². The van der Waals surface area contributed by atoms with E-state index in [1.165, 1.54) is 36.3 Å². The van der Waals surface area contributed by atoms with Crippen LogP contribution in [0.4, 0.5) is 22.4 Å². The maximum absolute atomic E-state index is 14.0. The third-order valence-electron chi connectivity index (χ3n) is 6.36. The van der Waals surface area contributed by atoms with Gasteiger partial charge in [0.2, 0.25) is 0 Å². The lowest BCUT2D eigenvalue weighted by atomic mass is 9.86. The highest BCUT2D eigenvalue weighted by atomic mass is 32.2. The van der Waals surface area contributed by atoms with E-state index in [1.807, 2.05) is 0 Å². The molecule has 0 fully saturated rings. The Bertz CT molecular complexity index is 1350. The Morgan fingerprint density at radius 2 is 1.80 bits per heavy atom. The fraction of sp³-hybridized carbons (Fsp3) is 0.464. The molecular weight excluding hydrogens is 554 g/mol. The van der Waals surface area contributed by atoms with Crippen molar-refractivity contribution in [1.82, 2.24) is 4.90 Å². The van der Waals surface area contributed by atoms with Gasteiger partial charge in [-0.1, -0.05) is 30.3 Å². The second-order valence-electron chi connectivity index (χ2n) is 10.5. The number of nitrogens with zero attached hydrogens (tertiary/aromatic N) is 1. The molecule has 2 atom stereocenters. The van der Waals surface area contributed by atoms with Crippen LogP contribution in [0.5, 0.6) is 5.75 Å². The van der Waals surface area contributed by atoms with Gasteiger partial charge < -0.3 is 18.6 Å². The summed E-state index contributed by atoms with van der Waals surface area (Å²) in [5, 5.41) is 0. The lowest BCUT2D eigenvalue weighted by Crippen LogP contribution is -2.39. The van der Waals surface area contributed by atoms with Gasteiger partial charge in [0.15, 0.2) is 11.6 Å². The van der Waals surface area contributed by atoms with Gasteiger partial charge in [-0.05, 0) is 82.2 Å². The van der Waals surface area contributed by atoms with E-state index in [4.69, 9.17) is 9.47 Å². The van der Waals surface area contributed by atoms with Crippen LogP contribution in [0.25, 0.3) is 5.76 Å². The number of fused-ring (bicyclic) bond motifs is 1. The summed E-state index contributed by atoms with van der Waals surface area (Å²) >= 11 is 0. The quantitative estimate of drug-likeness (QED) is 0.179. The number of methoxy groups -OCH3 is 1. The standard InChI is InChI=1S/C28H33F4NO6S/c1-18(20-12-13-23(29)25(17-20)37-5)33(26(34)38-27(2,3)4)14-8-9-19-15-21-10-6-7-11-22(21)24(16-19)39-40(35,36)28(30,31)32/h6-7,10-13,16-19H,8-9,14-15H2,1-5H3/t18-,19?/m1/s1. The molecule has 3 rings (SSSR count). The maximum atomic E-state index is 14.0. The van der Waals surface area contributed by atoms with Gasteiger partial charge in [0.05, 0.1) is 13.2 Å². The molecule has 0 radical (unpaired) electrons. The van der Waals surface area contributed by atoms with E-state index in [-0.39, 0.29) is 29.5 Å². The van der Waals surface area contributed by atoms with Crippen molar-refractivity contribution in [2.45, 2.75) is 64.1 Å². The number of rotatable bonds is 9. The molecular formula is C28H33F4NO6S. The molecule has 2 aromatic carbocycles. The van der Waals surface area contributed by atoms with E-state index >= 15 is 0 Å². The van der Waals surface area contributed by atoms with Crippen molar-refractivity contribution in [3.8, 4) is 5.75 Å². The molecule has 0 spiro atoms. The SMILES string of the molecule is COc1cc([C@@H](C)N(CCCC2C=C(OS(=O)(=O)C(F)(F)F)c3ccccc3C2)C(=O)OC(C)(C)C)ccc1F. The largest absolute Gasteiger partial charge is 0.534 e. The number of amides is 1. The van der Waals surface area contributed by atoms with Crippen molar-refractivity contribution < 1.29 is 44.4 Å². The normalized spacial score (nSPS) is 16.4. The average molecular weight is 588 g/mol. The molecule has 0 aliphatic heterocycles. The number of carbonyl (C=O) groups is 1. The first-order valence-corrected chi connectivity index (χ1v) is 14.1. The highest BCUT2D eigenvalue weighted by molar-refractivity contribution is 7.87. The summed E-state index contributed by atoms with van der Waals surface area (Å²) in [4.78, 5) is 14.6. The molecule has 0 bridgehead atoms. The lowest BCUT2D eigenvalue weighted by molar-refractivity contribution is -0.0509. The Balaban J connectivity index is 1.81. The van der Waals surface area contributed by atoms with E-state index in [9.17, 15) is 30.8 Å². The van der Waals surface area contributed by atoms with E-state index < -0.39 is 39.2 Å². The van der Waals surface area contributed by atoms with Gasteiger partial charge in [-0.25, -0.2) is 9.18 Å². The van der Waals surface area contributed by atoms with Crippen LogP contribution in [0.1, 0.15) is 63.3 Å². The van der Waals surface area contributed by atoms with Crippen molar-refractivity contribution in [3.63, 3.8) is 0 Å². The Morgan fingerprint density at radius 1 is 1.12 bits per heavy atom. The zero-order valence-corrected chi connectivity index (χ0v) is 23.7. The first-order valence-electron chi connectivity index (χ1n) is 12.7. The van der Waals surface area contributed by atoms with Crippen LogP contribution in [0.15, 0.2) is 48.5 Å². The van der Waals surface area contributed by atoms with Gasteiger partial charge in [0.25, 0.3) is 0 Å². The predicted octanol–water partition coefficient (Wildman–Crippen LogP) is 6.99. The number of halogens is 4. The van der Waals surface area contributed by atoms with E-state index in [0.717, 1.165) is 0 Å². The summed E-state index contributed by atoms with van der Waals surface area (Å²) in [7, 11) is -4.51. The van der Waals surface area contributed by atoms with Crippen LogP contribution >= 0.6 is 0 Å². The molecule has 0 aromatic heterocycles. The summed E-state index contributed by atoms with van der Waals surface area (Å²) in [5.74, 6) is -1.24. The second-order valence-corrected chi connectivity index (χ2v) is 12.1. The summed E-state index contributed by atoms with van der Waals surface area (Å²) in [5.41, 5.74) is -4.80.